The van der Waals surface area contributed by atoms with Crippen molar-refractivity contribution in [3.63, 3.8) is 0 Å². The topological polar surface area (TPSA) is 35.2 Å². The van der Waals surface area contributed by atoms with E-state index in [1.807, 2.05) is 25.1 Å². The van der Waals surface area contributed by atoms with Crippen molar-refractivity contribution < 1.29 is 4.74 Å². The van der Waals surface area contributed by atoms with Crippen LogP contribution in [0.4, 0.5) is 0 Å². The number of hydrogen-bond acceptors (Lipinski definition) is 2. The molecule has 80 valence electrons. The van der Waals surface area contributed by atoms with Gasteiger partial charge in [0.2, 0.25) is 0 Å². The molecule has 0 saturated carbocycles. The Balaban J connectivity index is 0.00000169. The van der Waals surface area contributed by atoms with Gasteiger partial charge in [0.15, 0.2) is 0 Å². The van der Waals surface area contributed by atoms with Gasteiger partial charge in [0.1, 0.15) is 5.75 Å². The Hall–Kier alpha value is -0.440. The summed E-state index contributed by atoms with van der Waals surface area (Å²) in [7, 11) is 0. The SMILES string of the molecule is CCOc1ccc(Cl)cc1CCN.Cl. The summed E-state index contributed by atoms with van der Waals surface area (Å²) in [5, 5.41) is 0.729. The second-order valence-electron chi connectivity index (χ2n) is 2.72. The van der Waals surface area contributed by atoms with Gasteiger partial charge in [0.05, 0.1) is 6.61 Å². The minimum atomic E-state index is 0. The zero-order valence-electron chi connectivity index (χ0n) is 8.13. The third-order valence-electron chi connectivity index (χ3n) is 1.74. The molecule has 2 nitrogen and oxygen atoms in total. The molecule has 14 heavy (non-hydrogen) atoms. The Morgan fingerprint density at radius 1 is 1.43 bits per heavy atom. The maximum atomic E-state index is 5.86. The van der Waals surface area contributed by atoms with Crippen molar-refractivity contribution in [2.45, 2.75) is 13.3 Å². The first-order chi connectivity index (χ1) is 6.27. The van der Waals surface area contributed by atoms with Crippen molar-refractivity contribution >= 4 is 24.0 Å². The number of rotatable bonds is 4. The molecule has 0 spiro atoms. The smallest absolute Gasteiger partial charge is 0.122 e. The minimum absolute atomic E-state index is 0. The maximum Gasteiger partial charge on any atom is 0.122 e. The number of nitrogens with two attached hydrogens (primary N) is 1. The lowest BCUT2D eigenvalue weighted by Crippen LogP contribution is -2.05. The van der Waals surface area contributed by atoms with Crippen LogP contribution in [0.15, 0.2) is 18.2 Å². The van der Waals surface area contributed by atoms with Crippen molar-refractivity contribution in [2.24, 2.45) is 5.73 Å². The van der Waals surface area contributed by atoms with Gasteiger partial charge in [-0.05, 0) is 43.7 Å². The van der Waals surface area contributed by atoms with Crippen LogP contribution in [-0.2, 0) is 6.42 Å². The molecule has 0 unspecified atom stereocenters. The highest BCUT2D eigenvalue weighted by molar-refractivity contribution is 6.30. The quantitative estimate of drug-likeness (QED) is 0.872. The van der Waals surface area contributed by atoms with E-state index in [9.17, 15) is 0 Å². The second-order valence-corrected chi connectivity index (χ2v) is 3.16. The number of ether oxygens (including phenoxy) is 1. The van der Waals surface area contributed by atoms with Gasteiger partial charge >= 0.3 is 0 Å². The van der Waals surface area contributed by atoms with E-state index < -0.39 is 0 Å². The van der Waals surface area contributed by atoms with Gasteiger partial charge in [-0.3, -0.25) is 0 Å². The lowest BCUT2D eigenvalue weighted by molar-refractivity contribution is 0.336. The first kappa shape index (κ1) is 13.6. The van der Waals surface area contributed by atoms with Gasteiger partial charge in [-0.15, -0.1) is 12.4 Å². The standard InChI is InChI=1S/C10H14ClNO.ClH/c1-2-13-10-4-3-9(11)7-8(10)5-6-12;/h3-4,7H,2,5-6,12H2,1H3;1H. The van der Waals surface area contributed by atoms with Gasteiger partial charge in [0, 0.05) is 5.02 Å². The van der Waals surface area contributed by atoms with E-state index in [0.717, 1.165) is 22.8 Å². The van der Waals surface area contributed by atoms with E-state index >= 15 is 0 Å². The normalized spacial score (nSPS) is 9.36. The highest BCUT2D eigenvalue weighted by Crippen LogP contribution is 2.22. The molecule has 4 heteroatoms. The monoisotopic (exact) mass is 235 g/mol. The third kappa shape index (κ3) is 3.74. The van der Waals surface area contributed by atoms with Crippen molar-refractivity contribution in [1.82, 2.24) is 0 Å². The second kappa shape index (κ2) is 6.93. The Kier molecular flexibility index (Phi) is 6.71. The molecule has 0 radical (unpaired) electrons. The molecule has 0 atom stereocenters. The van der Waals surface area contributed by atoms with Crippen LogP contribution < -0.4 is 10.5 Å². The third-order valence-corrected chi connectivity index (χ3v) is 1.97. The molecule has 0 amide bonds. The fraction of sp³-hybridized carbons (Fsp3) is 0.400. The summed E-state index contributed by atoms with van der Waals surface area (Å²) in [6.45, 7) is 3.24. The van der Waals surface area contributed by atoms with Crippen LogP contribution in [0.1, 0.15) is 12.5 Å². The minimum Gasteiger partial charge on any atom is -0.494 e. The molecule has 0 aliphatic rings. The fourth-order valence-electron chi connectivity index (χ4n) is 1.20. The van der Waals surface area contributed by atoms with Crippen molar-refractivity contribution in [2.75, 3.05) is 13.2 Å². The zero-order chi connectivity index (χ0) is 9.68. The Morgan fingerprint density at radius 3 is 2.71 bits per heavy atom. The highest BCUT2D eigenvalue weighted by Gasteiger charge is 2.02. The van der Waals surface area contributed by atoms with Crippen LogP contribution in [0.3, 0.4) is 0 Å². The summed E-state index contributed by atoms with van der Waals surface area (Å²) in [4.78, 5) is 0. The van der Waals surface area contributed by atoms with E-state index in [0.29, 0.717) is 13.2 Å². The van der Waals surface area contributed by atoms with Crippen LogP contribution >= 0.6 is 24.0 Å². The molecule has 0 heterocycles. The molecule has 1 rings (SSSR count). The number of hydrogen-bond donors (Lipinski definition) is 1. The van der Waals surface area contributed by atoms with Crippen molar-refractivity contribution in [3.8, 4) is 5.75 Å². The van der Waals surface area contributed by atoms with Crippen LogP contribution in [0.2, 0.25) is 5.02 Å². The van der Waals surface area contributed by atoms with Gasteiger partial charge in [-0.25, -0.2) is 0 Å². The first-order valence-corrected chi connectivity index (χ1v) is 4.77. The Bertz CT molecular complexity index is 279. The molecule has 0 fully saturated rings. The summed E-state index contributed by atoms with van der Waals surface area (Å²) in [6.07, 6.45) is 0.801. The van der Waals surface area contributed by atoms with E-state index in [2.05, 4.69) is 0 Å². The number of benzene rings is 1. The maximum absolute atomic E-state index is 5.86. The molecular formula is C10H15Cl2NO. The highest BCUT2D eigenvalue weighted by atomic mass is 35.5. The molecular weight excluding hydrogens is 221 g/mol. The molecule has 0 aliphatic carbocycles. The molecule has 1 aromatic carbocycles. The molecule has 0 aromatic heterocycles. The molecule has 1 aromatic rings. The zero-order valence-corrected chi connectivity index (χ0v) is 9.70. The van der Waals surface area contributed by atoms with Gasteiger partial charge in [-0.1, -0.05) is 11.6 Å². The average Bonchev–Trinajstić information content (AvgIpc) is 2.10. The van der Waals surface area contributed by atoms with Crippen LogP contribution in [0, 0.1) is 0 Å². The first-order valence-electron chi connectivity index (χ1n) is 4.39. The largest absolute Gasteiger partial charge is 0.494 e. The predicted molar refractivity (Wildman–Crippen MR) is 62.6 cm³/mol. The average molecular weight is 236 g/mol. The lowest BCUT2D eigenvalue weighted by atomic mass is 10.1. The number of halogens is 2. The van der Waals surface area contributed by atoms with E-state index in [4.69, 9.17) is 22.1 Å². The predicted octanol–water partition coefficient (Wildman–Crippen LogP) is 2.66. The van der Waals surface area contributed by atoms with Gasteiger partial charge < -0.3 is 10.5 Å². The summed E-state index contributed by atoms with van der Waals surface area (Å²) in [6, 6.07) is 5.61. The van der Waals surface area contributed by atoms with E-state index in [1.54, 1.807) is 0 Å². The van der Waals surface area contributed by atoms with E-state index in [-0.39, 0.29) is 12.4 Å². The molecule has 0 bridgehead atoms. The molecule has 0 saturated heterocycles. The van der Waals surface area contributed by atoms with E-state index in [1.165, 1.54) is 0 Å². The Labute approximate surface area is 95.8 Å². The summed E-state index contributed by atoms with van der Waals surface area (Å²) < 4.78 is 5.43. The van der Waals surface area contributed by atoms with Crippen LogP contribution in [0.25, 0.3) is 0 Å². The van der Waals surface area contributed by atoms with Crippen LogP contribution in [-0.4, -0.2) is 13.2 Å². The Morgan fingerprint density at radius 2 is 2.14 bits per heavy atom. The van der Waals surface area contributed by atoms with Crippen molar-refractivity contribution in [1.29, 1.82) is 0 Å². The van der Waals surface area contributed by atoms with Gasteiger partial charge in [-0.2, -0.15) is 0 Å². The van der Waals surface area contributed by atoms with Crippen molar-refractivity contribution in [3.05, 3.63) is 28.8 Å². The fourth-order valence-corrected chi connectivity index (χ4v) is 1.39. The van der Waals surface area contributed by atoms with Crippen LogP contribution in [0.5, 0.6) is 5.75 Å². The van der Waals surface area contributed by atoms with Gasteiger partial charge in [0.25, 0.3) is 0 Å². The molecule has 0 aliphatic heterocycles. The molecule has 2 N–H and O–H groups in total. The summed E-state index contributed by atoms with van der Waals surface area (Å²) >= 11 is 5.86. The lowest BCUT2D eigenvalue weighted by Gasteiger charge is -2.09. The summed E-state index contributed by atoms with van der Waals surface area (Å²) in [5.74, 6) is 0.886. The summed E-state index contributed by atoms with van der Waals surface area (Å²) in [5.41, 5.74) is 6.56.